The Morgan fingerprint density at radius 2 is 1.78 bits per heavy atom. The number of halogens is 4. The number of imidazole rings is 1. The van der Waals surface area contributed by atoms with Crippen molar-refractivity contribution >= 4 is 51.8 Å². The number of nitrogens with one attached hydrogen (secondary N) is 1. The minimum atomic E-state index is -5.08. The van der Waals surface area contributed by atoms with Gasteiger partial charge in [-0.1, -0.05) is 49.7 Å². The lowest BCUT2D eigenvalue weighted by Gasteiger charge is -2.17. The SMILES string of the molecule is CC(C)[C@H](NCCCc1ccc2ncn(-c3cc(O[C@H](C)c4ccccc4Cl)c(C(N)=O)s3)c2c1)C(=O)O.O=C(O)C(F)(F)F. The molecular weight excluding hydrogens is 637 g/mol. The molecular formula is C30H32ClF3N4O6S. The Kier molecular flexibility index (Phi) is 12.0. The number of alkyl halides is 3. The van der Waals surface area contributed by atoms with Crippen LogP contribution in [-0.2, 0) is 16.0 Å². The number of benzene rings is 2. The van der Waals surface area contributed by atoms with Crippen molar-refractivity contribution in [1.82, 2.24) is 14.9 Å². The van der Waals surface area contributed by atoms with Crippen LogP contribution in [0.5, 0.6) is 5.75 Å². The molecule has 10 nitrogen and oxygen atoms in total. The minimum absolute atomic E-state index is 0.0100. The average molecular weight is 669 g/mol. The molecule has 0 aliphatic carbocycles. The van der Waals surface area contributed by atoms with E-state index in [9.17, 15) is 27.9 Å². The van der Waals surface area contributed by atoms with Crippen molar-refractivity contribution in [3.63, 3.8) is 0 Å². The van der Waals surface area contributed by atoms with Crippen molar-refractivity contribution in [3.05, 3.63) is 75.9 Å². The summed E-state index contributed by atoms with van der Waals surface area (Å²) in [7, 11) is 0. The second-order valence-electron chi connectivity index (χ2n) is 10.3. The number of aryl methyl sites for hydroxylation is 1. The molecule has 2 aromatic heterocycles. The third-order valence-electron chi connectivity index (χ3n) is 6.59. The van der Waals surface area contributed by atoms with Crippen LogP contribution in [0, 0.1) is 5.92 Å². The topological polar surface area (TPSA) is 157 Å². The van der Waals surface area contributed by atoms with Gasteiger partial charge in [-0.25, -0.2) is 9.78 Å². The number of carbonyl (C=O) groups is 3. The molecule has 0 bridgehead atoms. The van der Waals surface area contributed by atoms with E-state index in [1.54, 1.807) is 18.5 Å². The number of hydrogen-bond acceptors (Lipinski definition) is 7. The van der Waals surface area contributed by atoms with E-state index in [-0.39, 0.29) is 12.0 Å². The molecule has 4 rings (SSSR count). The van der Waals surface area contributed by atoms with E-state index in [0.717, 1.165) is 40.0 Å². The van der Waals surface area contributed by atoms with E-state index in [1.807, 2.05) is 55.7 Å². The normalized spacial score (nSPS) is 12.8. The summed E-state index contributed by atoms with van der Waals surface area (Å²) in [6.45, 7) is 6.26. The van der Waals surface area contributed by atoms with Crippen LogP contribution in [0.4, 0.5) is 13.2 Å². The quantitative estimate of drug-likeness (QED) is 0.129. The van der Waals surface area contributed by atoms with Crippen LogP contribution in [0.1, 0.15) is 54.1 Å². The van der Waals surface area contributed by atoms with E-state index in [4.69, 9.17) is 32.0 Å². The zero-order chi connectivity index (χ0) is 33.5. The Balaban J connectivity index is 0.000000707. The zero-order valence-electron chi connectivity index (χ0n) is 24.5. The van der Waals surface area contributed by atoms with Crippen LogP contribution in [0.2, 0.25) is 5.02 Å². The molecule has 0 aliphatic heterocycles. The smallest absolute Gasteiger partial charge is 0.484 e. The highest BCUT2D eigenvalue weighted by molar-refractivity contribution is 7.16. The first-order chi connectivity index (χ1) is 21.1. The second-order valence-corrected chi connectivity index (χ2v) is 11.7. The van der Waals surface area contributed by atoms with Gasteiger partial charge in [0.15, 0.2) is 0 Å². The summed E-state index contributed by atoms with van der Waals surface area (Å²) >= 11 is 7.57. The standard InChI is InChI=1S/C28H31ClN4O4S.C2HF3O2/c1-16(2)25(28(35)36)31-12-6-7-18-10-11-21-22(13-18)33(15-32-21)24-14-23(26(38-24)27(30)34)37-17(3)19-8-4-5-9-20(19)29;3-2(4,5)1(6)7/h4-5,8-11,13-17,25,31H,6-7,12H2,1-3H3,(H2,30,34)(H,35,36);(H,6,7)/t17-,25+;/m1./s1. The first kappa shape index (κ1) is 35.3. The first-order valence-electron chi connectivity index (χ1n) is 13.7. The molecule has 0 unspecified atom stereocenters. The molecule has 45 heavy (non-hydrogen) atoms. The van der Waals surface area contributed by atoms with Gasteiger partial charge in [0.05, 0.1) is 11.0 Å². The van der Waals surface area contributed by atoms with E-state index in [2.05, 4.69) is 16.4 Å². The van der Waals surface area contributed by atoms with Crippen LogP contribution in [0.25, 0.3) is 16.0 Å². The number of primary amides is 1. The van der Waals surface area contributed by atoms with Gasteiger partial charge in [-0.05, 0) is 56.0 Å². The molecule has 15 heteroatoms. The lowest BCUT2D eigenvalue weighted by molar-refractivity contribution is -0.192. The summed E-state index contributed by atoms with van der Waals surface area (Å²) in [6, 6.07) is 14.7. The monoisotopic (exact) mass is 668 g/mol. The number of carbonyl (C=O) groups excluding carboxylic acids is 1. The summed E-state index contributed by atoms with van der Waals surface area (Å²) in [6.07, 6.45) is -2.19. The number of rotatable bonds is 12. The van der Waals surface area contributed by atoms with Crippen LogP contribution in [-0.4, -0.2) is 56.4 Å². The third-order valence-corrected chi connectivity index (χ3v) is 8.06. The number of aromatic nitrogens is 2. The summed E-state index contributed by atoms with van der Waals surface area (Å²) in [5, 5.41) is 20.9. The molecule has 0 fully saturated rings. The second kappa shape index (κ2) is 15.2. The molecule has 2 atom stereocenters. The number of carboxylic acids is 2. The predicted molar refractivity (Wildman–Crippen MR) is 164 cm³/mol. The molecule has 0 spiro atoms. The molecule has 0 aliphatic rings. The fraction of sp³-hybridized carbons (Fsp3) is 0.333. The molecule has 5 N–H and O–H groups in total. The highest BCUT2D eigenvalue weighted by Crippen LogP contribution is 2.37. The number of carboxylic acid groups (broad SMARTS) is 2. The van der Waals surface area contributed by atoms with E-state index >= 15 is 0 Å². The molecule has 2 heterocycles. The van der Waals surface area contributed by atoms with Crippen LogP contribution in [0.15, 0.2) is 54.9 Å². The highest BCUT2D eigenvalue weighted by atomic mass is 35.5. The van der Waals surface area contributed by atoms with Gasteiger partial charge in [-0.2, -0.15) is 13.2 Å². The maximum absolute atomic E-state index is 12.2. The van der Waals surface area contributed by atoms with Crippen molar-refractivity contribution in [2.45, 2.75) is 51.9 Å². The lowest BCUT2D eigenvalue weighted by atomic mass is 10.0. The number of thiophene rings is 1. The van der Waals surface area contributed by atoms with Gasteiger partial charge in [0, 0.05) is 16.7 Å². The van der Waals surface area contributed by atoms with Crippen LogP contribution < -0.4 is 15.8 Å². The Morgan fingerprint density at radius 3 is 2.36 bits per heavy atom. The van der Waals surface area contributed by atoms with Crippen molar-refractivity contribution in [2.24, 2.45) is 11.7 Å². The summed E-state index contributed by atoms with van der Waals surface area (Å²) in [4.78, 5) is 37.4. The number of fused-ring (bicyclic) bond motifs is 1. The Labute approximate surface area is 265 Å². The molecule has 4 aromatic rings. The lowest BCUT2D eigenvalue weighted by Crippen LogP contribution is -2.41. The Morgan fingerprint density at radius 1 is 1.11 bits per heavy atom. The molecule has 2 aromatic carbocycles. The van der Waals surface area contributed by atoms with Crippen molar-refractivity contribution in [1.29, 1.82) is 0 Å². The fourth-order valence-corrected chi connectivity index (χ4v) is 5.56. The van der Waals surface area contributed by atoms with Gasteiger partial charge < -0.3 is 26.0 Å². The number of ether oxygens (including phenoxy) is 1. The zero-order valence-corrected chi connectivity index (χ0v) is 26.0. The van der Waals surface area contributed by atoms with Crippen molar-refractivity contribution in [2.75, 3.05) is 6.54 Å². The maximum atomic E-state index is 12.2. The Bertz CT molecular complexity index is 1660. The maximum Gasteiger partial charge on any atom is 0.490 e. The Hall–Kier alpha value is -4.14. The van der Waals surface area contributed by atoms with Crippen molar-refractivity contribution in [3.8, 4) is 10.8 Å². The highest BCUT2D eigenvalue weighted by Gasteiger charge is 2.38. The number of nitrogens with zero attached hydrogens (tertiary/aromatic N) is 2. The van der Waals surface area contributed by atoms with E-state index < -0.39 is 30.1 Å². The molecule has 0 saturated carbocycles. The van der Waals surface area contributed by atoms with Gasteiger partial charge in [0.25, 0.3) is 5.91 Å². The number of hydrogen-bond donors (Lipinski definition) is 4. The largest absolute Gasteiger partial charge is 0.490 e. The van der Waals surface area contributed by atoms with Gasteiger partial charge in [-0.3, -0.25) is 14.2 Å². The van der Waals surface area contributed by atoms with Crippen LogP contribution in [0.3, 0.4) is 0 Å². The molecule has 0 radical (unpaired) electrons. The average Bonchev–Trinajstić information content (AvgIpc) is 3.56. The predicted octanol–water partition coefficient (Wildman–Crippen LogP) is 6.24. The number of nitrogens with two attached hydrogens (primary N) is 1. The summed E-state index contributed by atoms with van der Waals surface area (Å²) in [5.41, 5.74) is 9.31. The van der Waals surface area contributed by atoms with Gasteiger partial charge in [-0.15, -0.1) is 11.3 Å². The molecule has 1 amide bonds. The third kappa shape index (κ3) is 9.42. The molecule has 242 valence electrons. The van der Waals surface area contributed by atoms with Crippen molar-refractivity contribution < 1.29 is 42.5 Å². The fourth-order valence-electron chi connectivity index (χ4n) is 4.34. The molecule has 0 saturated heterocycles. The summed E-state index contributed by atoms with van der Waals surface area (Å²) in [5.74, 6) is -3.75. The van der Waals surface area contributed by atoms with Crippen LogP contribution >= 0.6 is 22.9 Å². The number of aliphatic carboxylic acids is 2. The van der Waals surface area contributed by atoms with Gasteiger partial charge in [0.1, 0.15) is 34.1 Å². The van der Waals surface area contributed by atoms with Gasteiger partial charge >= 0.3 is 18.1 Å². The first-order valence-corrected chi connectivity index (χ1v) is 14.9. The summed E-state index contributed by atoms with van der Waals surface area (Å²) < 4.78 is 39.8. The number of amides is 1. The van der Waals surface area contributed by atoms with E-state index in [1.165, 1.54) is 11.3 Å². The van der Waals surface area contributed by atoms with E-state index in [0.29, 0.717) is 22.2 Å². The minimum Gasteiger partial charge on any atom is -0.484 e. The van der Waals surface area contributed by atoms with Gasteiger partial charge in [0.2, 0.25) is 0 Å².